The molecule has 1 heterocycles. The molecule has 3 N–H and O–H groups in total. The van der Waals surface area contributed by atoms with Crippen molar-refractivity contribution < 1.29 is 19.8 Å². The second-order valence-electron chi connectivity index (χ2n) is 7.56. The zero-order chi connectivity index (χ0) is 20.7. The number of nitrogens with one attached hydrogen (secondary N) is 1. The number of aliphatic hydroxyl groups excluding tert-OH is 1. The monoisotopic (exact) mass is 392 g/mol. The number of carbonyl (C=O) groups excluding carboxylic acids is 1. The van der Waals surface area contributed by atoms with Gasteiger partial charge in [-0.25, -0.2) is 0 Å². The van der Waals surface area contributed by atoms with Gasteiger partial charge in [0.25, 0.3) is 11.5 Å². The third-order valence-corrected chi connectivity index (χ3v) is 5.53. The Kier molecular flexibility index (Phi) is 8.23. The third-order valence-electron chi connectivity index (χ3n) is 5.53. The summed E-state index contributed by atoms with van der Waals surface area (Å²) in [4.78, 5) is 37.4. The Morgan fingerprint density at radius 2 is 1.93 bits per heavy atom. The fraction of sp³-hybridized carbons (Fsp3) is 0.667. The van der Waals surface area contributed by atoms with Crippen molar-refractivity contribution in [3.05, 3.63) is 33.2 Å². The van der Waals surface area contributed by atoms with Crippen LogP contribution < -0.4 is 10.9 Å². The summed E-state index contributed by atoms with van der Waals surface area (Å²) in [6.07, 6.45) is 5.99. The van der Waals surface area contributed by atoms with Crippen LogP contribution in [0, 0.1) is 5.92 Å². The SMILES string of the molecule is CCCCn1c(CCC)c(CO)cc(C(=O)N[C@H]2CCCC[C@H]2C(=O)O)c1=O. The summed E-state index contributed by atoms with van der Waals surface area (Å²) in [5, 5.41) is 22.0. The van der Waals surface area contributed by atoms with Gasteiger partial charge in [0, 0.05) is 18.3 Å². The molecule has 1 aliphatic carbocycles. The van der Waals surface area contributed by atoms with Crippen molar-refractivity contribution in [3.63, 3.8) is 0 Å². The number of carboxylic acids is 1. The minimum absolute atomic E-state index is 0.0188. The lowest BCUT2D eigenvalue weighted by atomic mass is 9.84. The second-order valence-corrected chi connectivity index (χ2v) is 7.56. The topological polar surface area (TPSA) is 109 Å². The van der Waals surface area contributed by atoms with Crippen molar-refractivity contribution in [2.24, 2.45) is 5.92 Å². The molecule has 1 aromatic rings. The zero-order valence-corrected chi connectivity index (χ0v) is 16.9. The van der Waals surface area contributed by atoms with Gasteiger partial charge in [0.1, 0.15) is 5.56 Å². The number of pyridine rings is 1. The van der Waals surface area contributed by atoms with Crippen molar-refractivity contribution >= 4 is 11.9 Å². The molecule has 28 heavy (non-hydrogen) atoms. The minimum atomic E-state index is -0.917. The summed E-state index contributed by atoms with van der Waals surface area (Å²) >= 11 is 0. The first kappa shape index (κ1) is 22.1. The summed E-state index contributed by atoms with van der Waals surface area (Å²) in [6, 6.07) is 0.999. The Bertz CT molecular complexity index is 756. The van der Waals surface area contributed by atoms with Gasteiger partial charge in [0.05, 0.1) is 12.5 Å². The van der Waals surface area contributed by atoms with E-state index in [-0.39, 0.29) is 17.7 Å². The molecule has 0 radical (unpaired) electrons. The van der Waals surface area contributed by atoms with Gasteiger partial charge in [-0.3, -0.25) is 14.4 Å². The quantitative estimate of drug-likeness (QED) is 0.598. The molecule has 0 spiro atoms. The number of aliphatic carboxylic acids is 1. The predicted octanol–water partition coefficient (Wildman–Crippen LogP) is 2.47. The van der Waals surface area contributed by atoms with Gasteiger partial charge in [-0.2, -0.15) is 0 Å². The van der Waals surface area contributed by atoms with E-state index < -0.39 is 23.8 Å². The highest BCUT2D eigenvalue weighted by atomic mass is 16.4. The predicted molar refractivity (Wildman–Crippen MR) is 106 cm³/mol. The lowest BCUT2D eigenvalue weighted by Gasteiger charge is -2.29. The molecule has 1 saturated carbocycles. The number of amides is 1. The van der Waals surface area contributed by atoms with E-state index in [1.54, 1.807) is 4.57 Å². The molecule has 7 heteroatoms. The number of aliphatic hydroxyl groups is 1. The van der Waals surface area contributed by atoms with E-state index in [0.717, 1.165) is 37.8 Å². The van der Waals surface area contributed by atoms with Gasteiger partial charge in [0.2, 0.25) is 0 Å². The summed E-state index contributed by atoms with van der Waals surface area (Å²) in [7, 11) is 0. The Morgan fingerprint density at radius 3 is 2.54 bits per heavy atom. The average Bonchev–Trinajstić information content (AvgIpc) is 2.68. The minimum Gasteiger partial charge on any atom is -0.481 e. The highest BCUT2D eigenvalue weighted by molar-refractivity contribution is 5.94. The van der Waals surface area contributed by atoms with E-state index in [2.05, 4.69) is 5.32 Å². The van der Waals surface area contributed by atoms with E-state index in [9.17, 15) is 24.6 Å². The first-order valence-electron chi connectivity index (χ1n) is 10.3. The molecule has 1 amide bonds. The zero-order valence-electron chi connectivity index (χ0n) is 16.9. The van der Waals surface area contributed by atoms with Crippen LogP contribution in [0.3, 0.4) is 0 Å². The molecule has 1 aromatic heterocycles. The maximum absolute atomic E-state index is 13.0. The number of carboxylic acid groups (broad SMARTS) is 1. The van der Waals surface area contributed by atoms with Crippen LogP contribution >= 0.6 is 0 Å². The lowest BCUT2D eigenvalue weighted by Crippen LogP contribution is -2.46. The molecule has 156 valence electrons. The maximum atomic E-state index is 13.0. The molecule has 2 atom stereocenters. The third kappa shape index (κ3) is 5.01. The Hall–Kier alpha value is -2.15. The van der Waals surface area contributed by atoms with Crippen molar-refractivity contribution in [1.82, 2.24) is 9.88 Å². The normalized spacial score (nSPS) is 19.4. The van der Waals surface area contributed by atoms with Crippen LogP contribution in [-0.2, 0) is 24.4 Å². The van der Waals surface area contributed by atoms with E-state index in [0.29, 0.717) is 31.4 Å². The summed E-state index contributed by atoms with van der Waals surface area (Å²) in [5.74, 6) is -2.09. The van der Waals surface area contributed by atoms with Gasteiger partial charge in [0.15, 0.2) is 0 Å². The number of carbonyl (C=O) groups is 2. The van der Waals surface area contributed by atoms with Crippen LogP contribution in [-0.4, -0.2) is 32.7 Å². The molecule has 0 unspecified atom stereocenters. The van der Waals surface area contributed by atoms with Gasteiger partial charge < -0.3 is 20.1 Å². The number of unbranched alkanes of at least 4 members (excludes halogenated alkanes) is 1. The number of hydrogen-bond acceptors (Lipinski definition) is 4. The maximum Gasteiger partial charge on any atom is 0.308 e. The van der Waals surface area contributed by atoms with Crippen molar-refractivity contribution in [3.8, 4) is 0 Å². The van der Waals surface area contributed by atoms with Crippen LogP contribution in [0.4, 0.5) is 0 Å². The Morgan fingerprint density at radius 1 is 1.21 bits per heavy atom. The first-order valence-corrected chi connectivity index (χ1v) is 10.3. The summed E-state index contributed by atoms with van der Waals surface area (Å²) in [5.41, 5.74) is 0.978. The van der Waals surface area contributed by atoms with Gasteiger partial charge in [-0.15, -0.1) is 0 Å². The van der Waals surface area contributed by atoms with Gasteiger partial charge in [-0.05, 0) is 37.3 Å². The molecule has 7 nitrogen and oxygen atoms in total. The van der Waals surface area contributed by atoms with E-state index in [1.165, 1.54) is 6.07 Å². The molecule has 1 aliphatic rings. The second kappa shape index (κ2) is 10.4. The summed E-state index contributed by atoms with van der Waals surface area (Å²) < 4.78 is 1.61. The fourth-order valence-corrected chi connectivity index (χ4v) is 3.99. The fourth-order valence-electron chi connectivity index (χ4n) is 3.99. The molecule has 0 saturated heterocycles. The highest BCUT2D eigenvalue weighted by Crippen LogP contribution is 2.25. The largest absolute Gasteiger partial charge is 0.481 e. The standard InChI is InChI=1S/C21H32N2O5/c1-3-5-11-23-18(8-4-2)14(13-24)12-16(20(23)26)19(25)22-17-10-7-6-9-15(17)21(27)28/h12,15,17,24H,3-11,13H2,1-2H3,(H,22,25)(H,27,28)/t15-,17+/m1/s1. The molecule has 0 bridgehead atoms. The van der Waals surface area contributed by atoms with Gasteiger partial charge in [-0.1, -0.05) is 39.5 Å². The van der Waals surface area contributed by atoms with Crippen molar-refractivity contribution in [2.75, 3.05) is 0 Å². The van der Waals surface area contributed by atoms with Crippen LogP contribution in [0.15, 0.2) is 10.9 Å². The molecule has 2 rings (SSSR count). The van der Waals surface area contributed by atoms with Crippen molar-refractivity contribution in [1.29, 1.82) is 0 Å². The van der Waals surface area contributed by atoms with E-state index in [1.807, 2.05) is 13.8 Å². The van der Waals surface area contributed by atoms with Crippen LogP contribution in [0.25, 0.3) is 0 Å². The molecule has 1 fully saturated rings. The highest BCUT2D eigenvalue weighted by Gasteiger charge is 2.32. The number of hydrogen-bond donors (Lipinski definition) is 3. The summed E-state index contributed by atoms with van der Waals surface area (Å²) in [6.45, 7) is 4.29. The van der Waals surface area contributed by atoms with Gasteiger partial charge >= 0.3 is 5.97 Å². The molecule has 0 aliphatic heterocycles. The molecule has 0 aromatic carbocycles. The van der Waals surface area contributed by atoms with Crippen LogP contribution in [0.5, 0.6) is 0 Å². The Balaban J connectivity index is 2.39. The number of aromatic nitrogens is 1. The lowest BCUT2D eigenvalue weighted by molar-refractivity contribution is -0.143. The smallest absolute Gasteiger partial charge is 0.308 e. The Labute approximate surface area is 165 Å². The average molecular weight is 392 g/mol. The molecular weight excluding hydrogens is 360 g/mol. The van der Waals surface area contributed by atoms with Crippen molar-refractivity contribution in [2.45, 2.75) is 84.4 Å². The van der Waals surface area contributed by atoms with Crippen LogP contribution in [0.2, 0.25) is 0 Å². The number of nitrogens with zero attached hydrogens (tertiary/aromatic N) is 1. The van der Waals surface area contributed by atoms with E-state index in [4.69, 9.17) is 0 Å². The molecular formula is C21H32N2O5. The number of rotatable bonds is 9. The van der Waals surface area contributed by atoms with E-state index >= 15 is 0 Å². The first-order chi connectivity index (χ1) is 13.4. The van der Waals surface area contributed by atoms with Crippen LogP contribution in [0.1, 0.15) is 80.4 Å².